The molecule has 5 heteroatoms. The second kappa shape index (κ2) is 6.30. The van der Waals surface area contributed by atoms with Gasteiger partial charge < -0.3 is 5.11 Å². The Morgan fingerprint density at radius 2 is 2.12 bits per heavy atom. The van der Waals surface area contributed by atoms with Crippen LogP contribution in [0.15, 0.2) is 24.3 Å². The third-order valence-corrected chi connectivity index (χ3v) is 4.19. The van der Waals surface area contributed by atoms with Crippen LogP contribution >= 0.6 is 38.5 Å². The van der Waals surface area contributed by atoms with Crippen LogP contribution in [-0.4, -0.2) is 16.9 Å². The number of carbonyl (C=O) groups is 2. The molecule has 0 aliphatic rings. The molecule has 3 nitrogen and oxygen atoms in total. The SMILES string of the molecule is CC(=O)C(Br)c1cccc(I)c1C=CC(=O)O. The van der Waals surface area contributed by atoms with Gasteiger partial charge in [0.15, 0.2) is 0 Å². The molecule has 1 rings (SSSR count). The van der Waals surface area contributed by atoms with E-state index in [0.717, 1.165) is 20.8 Å². The summed E-state index contributed by atoms with van der Waals surface area (Å²) in [4.78, 5) is 21.5. The Morgan fingerprint density at radius 1 is 1.47 bits per heavy atom. The number of carbonyl (C=O) groups excluding carboxylic acids is 1. The van der Waals surface area contributed by atoms with Crippen LogP contribution in [0.1, 0.15) is 22.9 Å². The summed E-state index contributed by atoms with van der Waals surface area (Å²) in [6.07, 6.45) is 2.58. The minimum Gasteiger partial charge on any atom is -0.478 e. The molecule has 0 aromatic heterocycles. The predicted octanol–water partition coefficient (Wildman–Crippen LogP) is 3.41. The zero-order valence-corrected chi connectivity index (χ0v) is 12.7. The van der Waals surface area contributed by atoms with E-state index in [1.165, 1.54) is 13.0 Å². The molecule has 0 heterocycles. The summed E-state index contributed by atoms with van der Waals surface area (Å²) in [5, 5.41) is 8.64. The Balaban J connectivity index is 3.26. The van der Waals surface area contributed by atoms with E-state index in [1.807, 2.05) is 18.2 Å². The molecule has 17 heavy (non-hydrogen) atoms. The Labute approximate surface area is 121 Å². The number of hydrogen-bond acceptors (Lipinski definition) is 2. The summed E-state index contributed by atoms with van der Waals surface area (Å²) in [6, 6.07) is 5.52. The van der Waals surface area contributed by atoms with Gasteiger partial charge in [-0.15, -0.1) is 0 Å². The lowest BCUT2D eigenvalue weighted by Gasteiger charge is -2.11. The lowest BCUT2D eigenvalue weighted by molar-refractivity contribution is -0.131. The molecule has 0 aliphatic heterocycles. The van der Waals surface area contributed by atoms with Crippen LogP contribution in [0.25, 0.3) is 6.08 Å². The molecule has 0 saturated heterocycles. The molecule has 90 valence electrons. The highest BCUT2D eigenvalue weighted by atomic mass is 127. The van der Waals surface area contributed by atoms with E-state index in [9.17, 15) is 9.59 Å². The van der Waals surface area contributed by atoms with Crippen molar-refractivity contribution in [2.75, 3.05) is 0 Å². The second-order valence-electron chi connectivity index (χ2n) is 3.39. The van der Waals surface area contributed by atoms with Gasteiger partial charge in [-0.05, 0) is 52.8 Å². The van der Waals surface area contributed by atoms with E-state index >= 15 is 0 Å². The number of carboxylic acid groups (broad SMARTS) is 1. The van der Waals surface area contributed by atoms with Gasteiger partial charge in [0.2, 0.25) is 0 Å². The van der Waals surface area contributed by atoms with Gasteiger partial charge in [-0.3, -0.25) is 4.79 Å². The van der Waals surface area contributed by atoms with Gasteiger partial charge in [-0.2, -0.15) is 0 Å². The van der Waals surface area contributed by atoms with Crippen molar-refractivity contribution in [1.29, 1.82) is 0 Å². The summed E-state index contributed by atoms with van der Waals surface area (Å²) in [5.74, 6) is -1.03. The molecule has 0 spiro atoms. The highest BCUT2D eigenvalue weighted by Crippen LogP contribution is 2.30. The van der Waals surface area contributed by atoms with Crippen molar-refractivity contribution in [1.82, 2.24) is 0 Å². The lowest BCUT2D eigenvalue weighted by atomic mass is 10.0. The molecule has 1 unspecified atom stereocenters. The van der Waals surface area contributed by atoms with E-state index in [-0.39, 0.29) is 5.78 Å². The van der Waals surface area contributed by atoms with Crippen LogP contribution in [0.2, 0.25) is 0 Å². The number of rotatable bonds is 4. The molecule has 0 fully saturated rings. The van der Waals surface area contributed by atoms with Gasteiger partial charge in [-0.25, -0.2) is 4.79 Å². The molecule has 1 aromatic rings. The number of Topliss-reactive ketones (excluding diaryl/α,β-unsaturated/α-hetero) is 1. The molecule has 1 aromatic carbocycles. The molecular formula is C12H10BrIO3. The minimum absolute atomic E-state index is 0.0167. The normalized spacial score (nSPS) is 12.6. The number of aliphatic carboxylic acids is 1. The number of ketones is 1. The van der Waals surface area contributed by atoms with Crippen molar-refractivity contribution in [3.8, 4) is 0 Å². The van der Waals surface area contributed by atoms with E-state index in [2.05, 4.69) is 38.5 Å². The van der Waals surface area contributed by atoms with Crippen LogP contribution in [0.5, 0.6) is 0 Å². The first kappa shape index (κ1) is 14.4. The number of carboxylic acids is 1. The molecule has 1 N–H and O–H groups in total. The molecule has 0 bridgehead atoms. The summed E-state index contributed by atoms with van der Waals surface area (Å²) in [5.41, 5.74) is 1.54. The lowest BCUT2D eigenvalue weighted by Crippen LogP contribution is -2.04. The van der Waals surface area contributed by atoms with Gasteiger partial charge in [0.05, 0.1) is 4.83 Å². The molecule has 0 saturated carbocycles. The Kier molecular flexibility index (Phi) is 5.32. The van der Waals surface area contributed by atoms with Crippen molar-refractivity contribution >= 4 is 56.3 Å². The van der Waals surface area contributed by atoms with E-state index < -0.39 is 10.8 Å². The predicted molar refractivity (Wildman–Crippen MR) is 78.2 cm³/mol. The van der Waals surface area contributed by atoms with Crippen molar-refractivity contribution < 1.29 is 14.7 Å². The maximum absolute atomic E-state index is 11.4. The van der Waals surface area contributed by atoms with E-state index in [4.69, 9.17) is 5.11 Å². The van der Waals surface area contributed by atoms with Gasteiger partial charge in [0.1, 0.15) is 5.78 Å². The average Bonchev–Trinajstić information content (AvgIpc) is 2.25. The Bertz CT molecular complexity index is 483. The third kappa shape index (κ3) is 3.92. The van der Waals surface area contributed by atoms with Gasteiger partial charge in [-0.1, -0.05) is 28.1 Å². The van der Waals surface area contributed by atoms with E-state index in [0.29, 0.717) is 0 Å². The Hall–Kier alpha value is -0.690. The quantitative estimate of drug-likeness (QED) is 0.471. The fourth-order valence-corrected chi connectivity index (χ4v) is 2.42. The van der Waals surface area contributed by atoms with Crippen LogP contribution < -0.4 is 0 Å². The standard InChI is InChI=1S/C12H10BrIO3/c1-7(15)12(13)9-3-2-4-10(14)8(9)5-6-11(16)17/h2-6,12H,1H3,(H,16,17). The average molecular weight is 409 g/mol. The fourth-order valence-electron chi connectivity index (χ4n) is 1.32. The second-order valence-corrected chi connectivity index (χ2v) is 5.47. The summed E-state index contributed by atoms with van der Waals surface area (Å²) >= 11 is 5.42. The minimum atomic E-state index is -1.01. The molecule has 0 radical (unpaired) electrons. The molecule has 0 amide bonds. The molecule has 0 aliphatic carbocycles. The van der Waals surface area contributed by atoms with Crippen LogP contribution in [0.4, 0.5) is 0 Å². The van der Waals surface area contributed by atoms with Crippen LogP contribution in [-0.2, 0) is 9.59 Å². The summed E-state index contributed by atoms with van der Waals surface area (Å²) in [7, 11) is 0. The smallest absolute Gasteiger partial charge is 0.328 e. The van der Waals surface area contributed by atoms with Crippen molar-refractivity contribution in [2.45, 2.75) is 11.8 Å². The van der Waals surface area contributed by atoms with Crippen molar-refractivity contribution in [3.05, 3.63) is 39.0 Å². The van der Waals surface area contributed by atoms with Gasteiger partial charge >= 0.3 is 5.97 Å². The van der Waals surface area contributed by atoms with Gasteiger partial charge in [0.25, 0.3) is 0 Å². The first-order chi connectivity index (χ1) is 7.93. The third-order valence-electron chi connectivity index (χ3n) is 2.11. The Morgan fingerprint density at radius 3 is 2.65 bits per heavy atom. The molecule has 1 atom stereocenters. The number of hydrogen-bond donors (Lipinski definition) is 1. The summed E-state index contributed by atoms with van der Waals surface area (Å²) in [6.45, 7) is 1.49. The van der Waals surface area contributed by atoms with Crippen LogP contribution in [0, 0.1) is 3.57 Å². The number of alkyl halides is 1. The van der Waals surface area contributed by atoms with Crippen molar-refractivity contribution in [2.24, 2.45) is 0 Å². The monoisotopic (exact) mass is 408 g/mol. The fraction of sp³-hybridized carbons (Fsp3) is 0.167. The first-order valence-electron chi connectivity index (χ1n) is 4.77. The number of benzene rings is 1. The largest absolute Gasteiger partial charge is 0.478 e. The topological polar surface area (TPSA) is 54.4 Å². The van der Waals surface area contributed by atoms with Crippen LogP contribution in [0.3, 0.4) is 0 Å². The highest BCUT2D eigenvalue weighted by Gasteiger charge is 2.16. The number of halogens is 2. The zero-order valence-electron chi connectivity index (χ0n) is 8.98. The maximum atomic E-state index is 11.4. The maximum Gasteiger partial charge on any atom is 0.328 e. The summed E-state index contributed by atoms with van der Waals surface area (Å²) < 4.78 is 0.906. The van der Waals surface area contributed by atoms with Crippen molar-refractivity contribution in [3.63, 3.8) is 0 Å². The molecular weight excluding hydrogens is 399 g/mol. The van der Waals surface area contributed by atoms with E-state index in [1.54, 1.807) is 0 Å². The highest BCUT2D eigenvalue weighted by molar-refractivity contribution is 14.1. The van der Waals surface area contributed by atoms with Gasteiger partial charge in [0, 0.05) is 9.65 Å². The zero-order chi connectivity index (χ0) is 13.0. The first-order valence-corrected chi connectivity index (χ1v) is 6.77.